The van der Waals surface area contributed by atoms with Crippen molar-refractivity contribution in [2.24, 2.45) is 11.3 Å². The van der Waals surface area contributed by atoms with Gasteiger partial charge in [0.1, 0.15) is 0 Å². The molecule has 2 heteroatoms. The van der Waals surface area contributed by atoms with E-state index in [4.69, 9.17) is 0 Å². The molecular weight excluding hydrogens is 244 g/mol. The van der Waals surface area contributed by atoms with Gasteiger partial charge in [0.25, 0.3) is 0 Å². The van der Waals surface area contributed by atoms with Crippen molar-refractivity contribution >= 4 is 0 Å². The van der Waals surface area contributed by atoms with E-state index in [-0.39, 0.29) is 0 Å². The third-order valence-electron chi connectivity index (χ3n) is 6.15. The van der Waals surface area contributed by atoms with E-state index >= 15 is 0 Å². The minimum Gasteiger partial charge on any atom is -0.313 e. The van der Waals surface area contributed by atoms with E-state index in [2.05, 4.69) is 45.0 Å². The Balaban J connectivity index is 1.97. The fraction of sp³-hybridized carbons (Fsp3) is 1.00. The highest BCUT2D eigenvalue weighted by Crippen LogP contribution is 2.40. The Bertz CT molecular complexity index is 299. The lowest BCUT2D eigenvalue weighted by Crippen LogP contribution is -2.51. The Kier molecular flexibility index (Phi) is 5.18. The lowest BCUT2D eigenvalue weighted by Gasteiger charge is -2.46. The summed E-state index contributed by atoms with van der Waals surface area (Å²) in [5.74, 6) is 0.938. The Morgan fingerprint density at radius 1 is 1.15 bits per heavy atom. The van der Waals surface area contributed by atoms with Gasteiger partial charge in [-0.05, 0) is 64.3 Å². The zero-order valence-corrected chi connectivity index (χ0v) is 14.5. The summed E-state index contributed by atoms with van der Waals surface area (Å²) in [7, 11) is 2.33. The average molecular weight is 280 g/mol. The summed E-state index contributed by atoms with van der Waals surface area (Å²) in [6.07, 6.45) is 9.72. The van der Waals surface area contributed by atoms with Crippen molar-refractivity contribution in [3.05, 3.63) is 0 Å². The first kappa shape index (κ1) is 16.3. The van der Waals surface area contributed by atoms with Gasteiger partial charge in [-0.15, -0.1) is 0 Å². The van der Waals surface area contributed by atoms with Crippen molar-refractivity contribution in [1.82, 2.24) is 10.2 Å². The lowest BCUT2D eigenvalue weighted by atomic mass is 9.70. The van der Waals surface area contributed by atoms with Crippen molar-refractivity contribution < 1.29 is 0 Å². The van der Waals surface area contributed by atoms with Crippen LogP contribution in [0.3, 0.4) is 0 Å². The highest BCUT2D eigenvalue weighted by atomic mass is 15.2. The van der Waals surface area contributed by atoms with E-state index in [1.807, 2.05) is 0 Å². The Hall–Kier alpha value is -0.0800. The predicted molar refractivity (Wildman–Crippen MR) is 88.1 cm³/mol. The quantitative estimate of drug-likeness (QED) is 0.756. The molecule has 0 saturated heterocycles. The normalized spacial score (nSPS) is 31.8. The van der Waals surface area contributed by atoms with E-state index in [0.717, 1.165) is 12.0 Å². The third-order valence-corrected chi connectivity index (χ3v) is 6.15. The highest BCUT2D eigenvalue weighted by Gasteiger charge is 2.38. The first-order chi connectivity index (χ1) is 9.37. The van der Waals surface area contributed by atoms with Gasteiger partial charge in [0.2, 0.25) is 0 Å². The second-order valence-corrected chi connectivity index (χ2v) is 8.36. The maximum absolute atomic E-state index is 3.83. The van der Waals surface area contributed by atoms with Crippen LogP contribution in [0.25, 0.3) is 0 Å². The highest BCUT2D eigenvalue weighted by molar-refractivity contribution is 4.94. The smallest absolute Gasteiger partial charge is 0.0147 e. The minimum absolute atomic E-state index is 0.329. The van der Waals surface area contributed by atoms with Crippen molar-refractivity contribution in [3.63, 3.8) is 0 Å². The topological polar surface area (TPSA) is 15.3 Å². The van der Waals surface area contributed by atoms with E-state index in [1.165, 1.54) is 58.0 Å². The maximum Gasteiger partial charge on any atom is 0.0147 e. The standard InChI is InChI=1S/C18H36N2/c1-6-17(3,4)20(5)14-18(13-19-16-7-8-16)11-9-15(2)10-12-18/h15-16,19H,6-14H2,1-5H3. The van der Waals surface area contributed by atoms with Crippen molar-refractivity contribution in [1.29, 1.82) is 0 Å². The number of nitrogens with zero attached hydrogens (tertiary/aromatic N) is 1. The Morgan fingerprint density at radius 2 is 1.75 bits per heavy atom. The molecule has 0 aromatic carbocycles. The van der Waals surface area contributed by atoms with E-state index < -0.39 is 0 Å². The van der Waals surface area contributed by atoms with Gasteiger partial charge in [0, 0.05) is 24.7 Å². The molecule has 0 amide bonds. The zero-order valence-electron chi connectivity index (χ0n) is 14.5. The third kappa shape index (κ3) is 4.21. The average Bonchev–Trinajstić information content (AvgIpc) is 3.24. The van der Waals surface area contributed by atoms with Crippen LogP contribution in [0, 0.1) is 11.3 Å². The molecule has 0 bridgehead atoms. The molecule has 0 heterocycles. The Labute approximate surface area is 126 Å². The molecule has 0 aliphatic heterocycles. The molecule has 1 N–H and O–H groups in total. The molecule has 2 aliphatic rings. The van der Waals surface area contributed by atoms with Crippen LogP contribution in [0.5, 0.6) is 0 Å². The fourth-order valence-electron chi connectivity index (χ4n) is 3.40. The van der Waals surface area contributed by atoms with Gasteiger partial charge in [-0.3, -0.25) is 0 Å². The zero-order chi connectivity index (χ0) is 14.8. The molecular formula is C18H36N2. The Morgan fingerprint density at radius 3 is 2.25 bits per heavy atom. The summed E-state index contributed by atoms with van der Waals surface area (Å²) in [6, 6.07) is 0.843. The molecule has 0 radical (unpaired) electrons. The van der Waals surface area contributed by atoms with E-state index in [1.54, 1.807) is 0 Å². The second kappa shape index (κ2) is 6.36. The molecule has 2 saturated carbocycles. The summed E-state index contributed by atoms with van der Waals surface area (Å²) in [5.41, 5.74) is 0.853. The molecule has 118 valence electrons. The maximum atomic E-state index is 3.83. The second-order valence-electron chi connectivity index (χ2n) is 8.36. The molecule has 20 heavy (non-hydrogen) atoms. The molecule has 2 aliphatic carbocycles. The van der Waals surface area contributed by atoms with E-state index in [0.29, 0.717) is 11.0 Å². The summed E-state index contributed by atoms with van der Waals surface area (Å²) in [5, 5.41) is 3.83. The molecule has 0 atom stereocenters. The summed E-state index contributed by atoms with van der Waals surface area (Å²) < 4.78 is 0. The van der Waals surface area contributed by atoms with Crippen LogP contribution in [-0.2, 0) is 0 Å². The predicted octanol–water partition coefficient (Wildman–Crippen LogP) is 4.06. The van der Waals surface area contributed by atoms with Gasteiger partial charge >= 0.3 is 0 Å². The van der Waals surface area contributed by atoms with Gasteiger partial charge in [-0.2, -0.15) is 0 Å². The lowest BCUT2D eigenvalue weighted by molar-refractivity contribution is 0.0469. The number of nitrogens with one attached hydrogen (secondary N) is 1. The van der Waals surface area contributed by atoms with Crippen LogP contribution in [-0.4, -0.2) is 36.6 Å². The van der Waals surface area contributed by atoms with Crippen molar-refractivity contribution in [3.8, 4) is 0 Å². The minimum atomic E-state index is 0.329. The van der Waals surface area contributed by atoms with Crippen LogP contribution >= 0.6 is 0 Å². The van der Waals surface area contributed by atoms with Gasteiger partial charge in [0.15, 0.2) is 0 Å². The largest absolute Gasteiger partial charge is 0.313 e. The van der Waals surface area contributed by atoms with Crippen LogP contribution in [0.4, 0.5) is 0 Å². The van der Waals surface area contributed by atoms with Crippen LogP contribution < -0.4 is 5.32 Å². The first-order valence-electron chi connectivity index (χ1n) is 8.81. The number of hydrogen-bond donors (Lipinski definition) is 1. The van der Waals surface area contributed by atoms with Crippen LogP contribution in [0.1, 0.15) is 72.6 Å². The molecule has 2 rings (SSSR count). The van der Waals surface area contributed by atoms with Gasteiger partial charge in [0.05, 0.1) is 0 Å². The monoisotopic (exact) mass is 280 g/mol. The number of hydrogen-bond acceptors (Lipinski definition) is 2. The summed E-state index contributed by atoms with van der Waals surface area (Å²) in [6.45, 7) is 12.0. The molecule has 2 nitrogen and oxygen atoms in total. The first-order valence-corrected chi connectivity index (χ1v) is 8.81. The molecule has 0 aromatic heterocycles. The van der Waals surface area contributed by atoms with Gasteiger partial charge in [-0.25, -0.2) is 0 Å². The summed E-state index contributed by atoms with van der Waals surface area (Å²) in [4.78, 5) is 2.62. The van der Waals surface area contributed by atoms with Crippen molar-refractivity contribution in [2.45, 2.75) is 84.2 Å². The van der Waals surface area contributed by atoms with Gasteiger partial charge < -0.3 is 10.2 Å². The van der Waals surface area contributed by atoms with Crippen LogP contribution in [0.15, 0.2) is 0 Å². The molecule has 0 aromatic rings. The number of rotatable bonds is 7. The van der Waals surface area contributed by atoms with Crippen LogP contribution in [0.2, 0.25) is 0 Å². The molecule has 0 unspecified atom stereocenters. The summed E-state index contributed by atoms with van der Waals surface area (Å²) >= 11 is 0. The molecule has 0 spiro atoms. The van der Waals surface area contributed by atoms with E-state index in [9.17, 15) is 0 Å². The van der Waals surface area contributed by atoms with Crippen molar-refractivity contribution in [2.75, 3.05) is 20.1 Å². The van der Waals surface area contributed by atoms with Gasteiger partial charge in [-0.1, -0.05) is 26.7 Å². The fourth-order valence-corrected chi connectivity index (χ4v) is 3.40. The SMILES string of the molecule is CCC(C)(C)N(C)CC1(CNC2CC2)CCC(C)CC1. The molecule has 2 fully saturated rings.